The zero-order chi connectivity index (χ0) is 18.1. The van der Waals surface area contributed by atoms with Crippen molar-refractivity contribution in [2.24, 2.45) is 0 Å². The minimum Gasteiger partial charge on any atom is -0.361 e. The molecule has 0 unspecified atom stereocenters. The number of anilines is 1. The molecule has 2 N–H and O–H groups in total. The Hall–Kier alpha value is -3.08. The number of para-hydroxylation sites is 1. The number of carbonyl (C=O) groups excluding carboxylic acids is 2. The molecule has 4 rings (SSSR count). The number of nitrogens with zero attached hydrogens (tertiary/aromatic N) is 1. The number of hydrogen-bond donors (Lipinski definition) is 2. The molecule has 0 spiro atoms. The number of aryl methyl sites for hydroxylation is 1. The van der Waals surface area contributed by atoms with Crippen LogP contribution < -0.4 is 10.2 Å². The van der Waals surface area contributed by atoms with E-state index >= 15 is 0 Å². The molecule has 2 heterocycles. The third-order valence-electron chi connectivity index (χ3n) is 4.93. The Morgan fingerprint density at radius 1 is 1.12 bits per heavy atom. The van der Waals surface area contributed by atoms with Gasteiger partial charge in [0.1, 0.15) is 6.04 Å². The fraction of sp³-hybridized carbons (Fsp3) is 0.238. The number of amides is 2. The van der Waals surface area contributed by atoms with Gasteiger partial charge in [-0.15, -0.1) is 0 Å². The first-order valence-electron chi connectivity index (χ1n) is 8.91. The van der Waals surface area contributed by atoms with E-state index in [-0.39, 0.29) is 11.8 Å². The van der Waals surface area contributed by atoms with Crippen LogP contribution in [0.4, 0.5) is 5.69 Å². The van der Waals surface area contributed by atoms with Gasteiger partial charge in [-0.2, -0.15) is 0 Å². The van der Waals surface area contributed by atoms with Crippen LogP contribution in [-0.2, 0) is 11.2 Å². The van der Waals surface area contributed by atoms with E-state index in [1.165, 1.54) is 5.56 Å². The zero-order valence-corrected chi connectivity index (χ0v) is 14.7. The summed E-state index contributed by atoms with van der Waals surface area (Å²) in [6, 6.07) is 14.8. The van der Waals surface area contributed by atoms with Crippen LogP contribution in [0.5, 0.6) is 0 Å². The van der Waals surface area contributed by atoms with Crippen LogP contribution in [0, 0.1) is 0 Å². The van der Waals surface area contributed by atoms with Crippen LogP contribution in [-0.4, -0.2) is 29.4 Å². The van der Waals surface area contributed by atoms with E-state index < -0.39 is 6.04 Å². The molecule has 5 heteroatoms. The summed E-state index contributed by atoms with van der Waals surface area (Å²) in [5.74, 6) is -0.312. The van der Waals surface area contributed by atoms with Crippen molar-refractivity contribution in [3.8, 4) is 0 Å². The fourth-order valence-electron chi connectivity index (χ4n) is 3.62. The molecule has 0 saturated heterocycles. The van der Waals surface area contributed by atoms with E-state index in [0.29, 0.717) is 12.1 Å². The molecule has 2 amide bonds. The molecule has 5 nitrogen and oxygen atoms in total. The van der Waals surface area contributed by atoms with Gasteiger partial charge in [-0.05, 0) is 49.6 Å². The first-order chi connectivity index (χ1) is 12.6. The molecule has 1 atom stereocenters. The van der Waals surface area contributed by atoms with Gasteiger partial charge in [-0.3, -0.25) is 9.59 Å². The van der Waals surface area contributed by atoms with E-state index in [9.17, 15) is 9.59 Å². The summed E-state index contributed by atoms with van der Waals surface area (Å²) in [6.45, 7) is 2.43. The van der Waals surface area contributed by atoms with Crippen molar-refractivity contribution < 1.29 is 9.59 Å². The summed E-state index contributed by atoms with van der Waals surface area (Å²) >= 11 is 0. The number of fused-ring (bicyclic) bond motifs is 2. The monoisotopic (exact) mass is 347 g/mol. The molecule has 0 radical (unpaired) electrons. The Morgan fingerprint density at radius 3 is 2.85 bits per heavy atom. The van der Waals surface area contributed by atoms with Gasteiger partial charge in [0, 0.05) is 34.9 Å². The highest BCUT2D eigenvalue weighted by Crippen LogP contribution is 2.27. The van der Waals surface area contributed by atoms with Crippen molar-refractivity contribution in [1.82, 2.24) is 10.3 Å². The van der Waals surface area contributed by atoms with Crippen LogP contribution >= 0.6 is 0 Å². The molecule has 1 aliphatic rings. The molecule has 3 aromatic rings. The topological polar surface area (TPSA) is 65.2 Å². The molecule has 0 aliphatic carbocycles. The molecule has 0 saturated carbocycles. The summed E-state index contributed by atoms with van der Waals surface area (Å²) in [7, 11) is 0. The van der Waals surface area contributed by atoms with Gasteiger partial charge in [0.2, 0.25) is 5.91 Å². The lowest BCUT2D eigenvalue weighted by Crippen LogP contribution is -2.48. The van der Waals surface area contributed by atoms with Crippen molar-refractivity contribution in [3.05, 3.63) is 65.9 Å². The Kier molecular flexibility index (Phi) is 4.21. The highest BCUT2D eigenvalue weighted by molar-refractivity contribution is 6.08. The van der Waals surface area contributed by atoms with Crippen molar-refractivity contribution in [2.75, 3.05) is 11.4 Å². The van der Waals surface area contributed by atoms with Crippen molar-refractivity contribution in [2.45, 2.75) is 25.8 Å². The van der Waals surface area contributed by atoms with Gasteiger partial charge >= 0.3 is 0 Å². The van der Waals surface area contributed by atoms with Crippen LogP contribution in [0.1, 0.15) is 29.3 Å². The largest absolute Gasteiger partial charge is 0.361 e. The molecular formula is C21H21N3O2. The van der Waals surface area contributed by atoms with Gasteiger partial charge in [-0.1, -0.05) is 24.3 Å². The Balaban J connectivity index is 1.53. The van der Waals surface area contributed by atoms with E-state index in [2.05, 4.69) is 16.4 Å². The third-order valence-corrected chi connectivity index (χ3v) is 4.93. The molecule has 132 valence electrons. The molecule has 0 fully saturated rings. The molecule has 26 heavy (non-hydrogen) atoms. The van der Waals surface area contributed by atoms with E-state index in [0.717, 1.165) is 29.4 Å². The van der Waals surface area contributed by atoms with Crippen LogP contribution in [0.15, 0.2) is 54.7 Å². The maximum atomic E-state index is 12.9. The fourth-order valence-corrected chi connectivity index (χ4v) is 3.62. The zero-order valence-electron chi connectivity index (χ0n) is 14.7. The van der Waals surface area contributed by atoms with Gasteiger partial charge in [-0.25, -0.2) is 0 Å². The molecule has 2 aromatic carbocycles. The maximum absolute atomic E-state index is 12.9. The van der Waals surface area contributed by atoms with Crippen molar-refractivity contribution in [1.29, 1.82) is 0 Å². The molecule has 0 bridgehead atoms. The summed E-state index contributed by atoms with van der Waals surface area (Å²) in [5, 5.41) is 3.72. The summed E-state index contributed by atoms with van der Waals surface area (Å²) in [5.41, 5.74) is 3.62. The van der Waals surface area contributed by atoms with E-state index in [1.54, 1.807) is 24.1 Å². The second kappa shape index (κ2) is 6.67. The number of benzene rings is 2. The Bertz CT molecular complexity index is 976. The minimum atomic E-state index is -0.595. The average Bonchev–Trinajstić information content (AvgIpc) is 3.15. The quantitative estimate of drug-likeness (QED) is 0.764. The molecule has 1 aromatic heterocycles. The highest BCUT2D eigenvalue weighted by Gasteiger charge is 2.27. The number of H-pyrrole nitrogens is 1. The third kappa shape index (κ3) is 2.86. The standard InChI is InChI=1S/C21H21N3O2/c1-14(21(26)24-13-5-7-15-6-2-3-10-19(15)24)23-20(25)17-8-4-9-18-16(17)11-12-22-18/h2-4,6,8-12,14,22H,5,7,13H2,1H3,(H,23,25)/t14-/m1/s1. The lowest BCUT2D eigenvalue weighted by molar-refractivity contribution is -0.120. The summed E-state index contributed by atoms with van der Waals surface area (Å²) < 4.78 is 0. The maximum Gasteiger partial charge on any atom is 0.252 e. The minimum absolute atomic E-state index is 0.0771. The van der Waals surface area contributed by atoms with Gasteiger partial charge in [0.05, 0.1) is 0 Å². The second-order valence-corrected chi connectivity index (χ2v) is 6.66. The van der Waals surface area contributed by atoms with E-state index in [1.807, 2.05) is 36.4 Å². The number of aromatic nitrogens is 1. The number of rotatable bonds is 3. The average molecular weight is 347 g/mol. The van der Waals surface area contributed by atoms with Crippen LogP contribution in [0.3, 0.4) is 0 Å². The number of aromatic amines is 1. The molecule has 1 aliphatic heterocycles. The van der Waals surface area contributed by atoms with Crippen molar-refractivity contribution in [3.63, 3.8) is 0 Å². The predicted molar refractivity (Wildman–Crippen MR) is 102 cm³/mol. The lowest BCUT2D eigenvalue weighted by atomic mass is 10.0. The van der Waals surface area contributed by atoms with E-state index in [4.69, 9.17) is 0 Å². The second-order valence-electron chi connectivity index (χ2n) is 6.66. The van der Waals surface area contributed by atoms with Gasteiger partial charge in [0.15, 0.2) is 0 Å². The lowest BCUT2D eigenvalue weighted by Gasteiger charge is -2.31. The molecular weight excluding hydrogens is 326 g/mol. The number of hydrogen-bond acceptors (Lipinski definition) is 2. The smallest absolute Gasteiger partial charge is 0.252 e. The Labute approximate surface area is 152 Å². The summed E-state index contributed by atoms with van der Waals surface area (Å²) in [4.78, 5) is 30.5. The summed E-state index contributed by atoms with van der Waals surface area (Å²) in [6.07, 6.45) is 3.73. The van der Waals surface area contributed by atoms with Crippen LogP contribution in [0.2, 0.25) is 0 Å². The Morgan fingerprint density at radius 2 is 1.96 bits per heavy atom. The number of carbonyl (C=O) groups is 2. The SMILES string of the molecule is C[C@@H](NC(=O)c1cccc2[nH]ccc12)C(=O)N1CCCc2ccccc21. The van der Waals surface area contributed by atoms with Gasteiger partial charge in [0.25, 0.3) is 5.91 Å². The first kappa shape index (κ1) is 16.4. The van der Waals surface area contributed by atoms with Gasteiger partial charge < -0.3 is 15.2 Å². The normalized spacial score (nSPS) is 14.7. The van der Waals surface area contributed by atoms with Crippen LogP contribution in [0.25, 0.3) is 10.9 Å². The number of nitrogens with one attached hydrogen (secondary N) is 2. The van der Waals surface area contributed by atoms with Crippen molar-refractivity contribution >= 4 is 28.4 Å². The first-order valence-corrected chi connectivity index (χ1v) is 8.91. The predicted octanol–water partition coefficient (Wildman–Crippen LogP) is 3.27. The highest BCUT2D eigenvalue weighted by atomic mass is 16.2.